The monoisotopic (exact) mass is 277 g/mol. The SMILES string of the molecule is CC(C)(CCCl)/N=C/c1c(Cl)cccc1Cl. The molecule has 1 nitrogen and oxygen atoms in total. The summed E-state index contributed by atoms with van der Waals surface area (Å²) in [5.41, 5.74) is 0.568. The predicted molar refractivity (Wildman–Crippen MR) is 73.5 cm³/mol. The van der Waals surface area contributed by atoms with Crippen LogP contribution in [0.5, 0.6) is 0 Å². The van der Waals surface area contributed by atoms with Crippen LogP contribution in [0, 0.1) is 0 Å². The van der Waals surface area contributed by atoms with E-state index in [4.69, 9.17) is 34.8 Å². The zero-order valence-corrected chi connectivity index (χ0v) is 11.6. The summed E-state index contributed by atoms with van der Waals surface area (Å²) in [4.78, 5) is 4.46. The highest BCUT2D eigenvalue weighted by molar-refractivity contribution is 6.38. The molecule has 0 aliphatic rings. The average molecular weight is 279 g/mol. The lowest BCUT2D eigenvalue weighted by Gasteiger charge is -2.17. The van der Waals surface area contributed by atoms with Crippen molar-refractivity contribution in [2.24, 2.45) is 4.99 Å². The molecule has 0 saturated heterocycles. The quantitative estimate of drug-likeness (QED) is 0.553. The molecule has 0 fully saturated rings. The molecule has 1 aromatic rings. The molecule has 0 unspecified atom stereocenters. The topological polar surface area (TPSA) is 12.4 Å². The largest absolute Gasteiger partial charge is 0.286 e. The number of halogens is 3. The van der Waals surface area contributed by atoms with Crippen LogP contribution in [0.2, 0.25) is 10.0 Å². The number of hydrogen-bond donors (Lipinski definition) is 0. The zero-order valence-electron chi connectivity index (χ0n) is 9.30. The van der Waals surface area contributed by atoms with Gasteiger partial charge in [0.25, 0.3) is 0 Å². The van der Waals surface area contributed by atoms with E-state index in [1.54, 1.807) is 18.3 Å². The highest BCUT2D eigenvalue weighted by Gasteiger charge is 2.14. The van der Waals surface area contributed by atoms with Gasteiger partial charge in [-0.25, -0.2) is 0 Å². The van der Waals surface area contributed by atoms with Crippen molar-refractivity contribution in [3.05, 3.63) is 33.8 Å². The van der Waals surface area contributed by atoms with Gasteiger partial charge >= 0.3 is 0 Å². The Hall–Kier alpha value is -0.240. The molecular formula is C12H14Cl3N. The minimum Gasteiger partial charge on any atom is -0.286 e. The summed E-state index contributed by atoms with van der Waals surface area (Å²) in [5.74, 6) is 0.584. The second-order valence-corrected chi connectivity index (χ2v) is 5.34. The Kier molecular flexibility index (Phi) is 5.10. The van der Waals surface area contributed by atoms with Crippen molar-refractivity contribution in [3.63, 3.8) is 0 Å². The first-order valence-corrected chi connectivity index (χ1v) is 6.30. The van der Waals surface area contributed by atoms with E-state index in [1.807, 2.05) is 19.9 Å². The molecule has 16 heavy (non-hydrogen) atoms. The lowest BCUT2D eigenvalue weighted by molar-refractivity contribution is 0.510. The van der Waals surface area contributed by atoms with Crippen molar-refractivity contribution in [2.45, 2.75) is 25.8 Å². The Morgan fingerprint density at radius 1 is 1.25 bits per heavy atom. The first kappa shape index (κ1) is 13.8. The van der Waals surface area contributed by atoms with E-state index in [9.17, 15) is 0 Å². The molecule has 0 heterocycles. The number of aliphatic imine (C=N–C) groups is 1. The van der Waals surface area contributed by atoms with Gasteiger partial charge in [-0.2, -0.15) is 0 Å². The molecule has 0 bridgehead atoms. The summed E-state index contributed by atoms with van der Waals surface area (Å²) in [6.07, 6.45) is 2.53. The lowest BCUT2D eigenvalue weighted by atomic mass is 10.0. The third-order valence-electron chi connectivity index (χ3n) is 2.25. The van der Waals surface area contributed by atoms with Crippen molar-refractivity contribution in [2.75, 3.05) is 5.88 Å². The van der Waals surface area contributed by atoms with E-state index in [0.717, 1.165) is 12.0 Å². The highest BCUT2D eigenvalue weighted by atomic mass is 35.5. The van der Waals surface area contributed by atoms with Gasteiger partial charge in [0.05, 0.1) is 15.6 Å². The van der Waals surface area contributed by atoms with E-state index in [1.165, 1.54) is 0 Å². The molecule has 0 atom stereocenters. The molecular weight excluding hydrogens is 264 g/mol. The predicted octanol–water partition coefficient (Wildman–Crippen LogP) is 4.82. The number of alkyl halides is 1. The van der Waals surface area contributed by atoms with Gasteiger partial charge in [-0.15, -0.1) is 11.6 Å². The van der Waals surface area contributed by atoms with E-state index in [-0.39, 0.29) is 5.54 Å². The molecule has 88 valence electrons. The van der Waals surface area contributed by atoms with Gasteiger partial charge in [0, 0.05) is 17.7 Å². The van der Waals surface area contributed by atoms with Crippen molar-refractivity contribution in [3.8, 4) is 0 Å². The fourth-order valence-corrected chi connectivity index (χ4v) is 2.13. The molecule has 1 aromatic carbocycles. The first-order valence-electron chi connectivity index (χ1n) is 5.01. The molecule has 1 rings (SSSR count). The summed E-state index contributed by atoms with van der Waals surface area (Å²) in [7, 11) is 0. The Balaban J connectivity index is 2.92. The first-order chi connectivity index (χ1) is 7.46. The van der Waals surface area contributed by atoms with Gasteiger partial charge in [-0.05, 0) is 32.4 Å². The highest BCUT2D eigenvalue weighted by Crippen LogP contribution is 2.23. The van der Waals surface area contributed by atoms with Crippen LogP contribution in [0.15, 0.2) is 23.2 Å². The number of hydrogen-bond acceptors (Lipinski definition) is 1. The van der Waals surface area contributed by atoms with E-state index < -0.39 is 0 Å². The molecule has 0 saturated carbocycles. The van der Waals surface area contributed by atoms with Gasteiger partial charge in [0.1, 0.15) is 0 Å². The van der Waals surface area contributed by atoms with Crippen molar-refractivity contribution < 1.29 is 0 Å². The maximum absolute atomic E-state index is 6.03. The lowest BCUT2D eigenvalue weighted by Crippen LogP contribution is -2.17. The van der Waals surface area contributed by atoms with Gasteiger partial charge in [-0.1, -0.05) is 29.3 Å². The maximum Gasteiger partial charge on any atom is 0.0563 e. The smallest absolute Gasteiger partial charge is 0.0563 e. The van der Waals surface area contributed by atoms with Crippen LogP contribution in [0.3, 0.4) is 0 Å². The summed E-state index contributed by atoms with van der Waals surface area (Å²) in [5, 5.41) is 1.22. The standard InChI is InChI=1S/C12H14Cl3N/c1-12(2,6-7-13)16-8-9-10(14)4-3-5-11(9)15/h3-5,8H,6-7H2,1-2H3/b16-8+. The average Bonchev–Trinajstić information content (AvgIpc) is 2.16. The third kappa shape index (κ3) is 3.97. The molecule has 0 aromatic heterocycles. The van der Waals surface area contributed by atoms with Crippen LogP contribution >= 0.6 is 34.8 Å². The summed E-state index contributed by atoms with van der Waals surface area (Å²) >= 11 is 17.8. The van der Waals surface area contributed by atoms with E-state index in [0.29, 0.717) is 15.9 Å². The summed E-state index contributed by atoms with van der Waals surface area (Å²) in [6, 6.07) is 5.40. The van der Waals surface area contributed by atoms with Crippen molar-refractivity contribution >= 4 is 41.0 Å². The summed E-state index contributed by atoms with van der Waals surface area (Å²) < 4.78 is 0. The maximum atomic E-state index is 6.03. The van der Waals surface area contributed by atoms with Crippen LogP contribution in [0.4, 0.5) is 0 Å². The van der Waals surface area contributed by atoms with Gasteiger partial charge in [0.15, 0.2) is 0 Å². The molecule has 0 aliphatic carbocycles. The fourth-order valence-electron chi connectivity index (χ4n) is 1.17. The molecule has 0 amide bonds. The van der Waals surface area contributed by atoms with Gasteiger partial charge < -0.3 is 0 Å². The van der Waals surface area contributed by atoms with Gasteiger partial charge in [-0.3, -0.25) is 4.99 Å². The third-order valence-corrected chi connectivity index (χ3v) is 3.10. The molecule has 4 heteroatoms. The second-order valence-electron chi connectivity index (χ2n) is 4.14. The number of rotatable bonds is 4. The van der Waals surface area contributed by atoms with Crippen molar-refractivity contribution in [1.29, 1.82) is 0 Å². The van der Waals surface area contributed by atoms with Crippen LogP contribution < -0.4 is 0 Å². The van der Waals surface area contributed by atoms with Crippen LogP contribution in [-0.4, -0.2) is 17.6 Å². The van der Waals surface area contributed by atoms with E-state index >= 15 is 0 Å². The second kappa shape index (κ2) is 5.90. The molecule has 0 aliphatic heterocycles. The Bertz CT molecular complexity index is 366. The zero-order chi connectivity index (χ0) is 12.2. The van der Waals surface area contributed by atoms with Gasteiger partial charge in [0.2, 0.25) is 0 Å². The van der Waals surface area contributed by atoms with E-state index in [2.05, 4.69) is 4.99 Å². The fraction of sp³-hybridized carbons (Fsp3) is 0.417. The number of nitrogens with zero attached hydrogens (tertiary/aromatic N) is 1. The van der Waals surface area contributed by atoms with Crippen LogP contribution in [0.1, 0.15) is 25.8 Å². The Morgan fingerprint density at radius 2 is 1.81 bits per heavy atom. The minimum atomic E-state index is -0.190. The molecule has 0 radical (unpaired) electrons. The molecule has 0 N–H and O–H groups in total. The van der Waals surface area contributed by atoms with Crippen LogP contribution in [0.25, 0.3) is 0 Å². The Morgan fingerprint density at radius 3 is 2.31 bits per heavy atom. The summed E-state index contributed by atoms with van der Waals surface area (Å²) in [6.45, 7) is 4.05. The Labute approximate surface area is 111 Å². The van der Waals surface area contributed by atoms with Crippen molar-refractivity contribution in [1.82, 2.24) is 0 Å². The van der Waals surface area contributed by atoms with Crippen LogP contribution in [-0.2, 0) is 0 Å². The molecule has 0 spiro atoms. The number of benzene rings is 1. The normalized spacial score (nSPS) is 12.3. The minimum absolute atomic E-state index is 0.190.